The van der Waals surface area contributed by atoms with Crippen LogP contribution in [-0.2, 0) is 0 Å². The summed E-state index contributed by atoms with van der Waals surface area (Å²) in [4.78, 5) is 3.39. The molecule has 2 rings (SSSR count). The highest BCUT2D eigenvalue weighted by Crippen LogP contribution is 2.23. The molecule has 0 unspecified atom stereocenters. The van der Waals surface area contributed by atoms with Crippen molar-refractivity contribution < 1.29 is 0 Å². The minimum Gasteiger partial charge on any atom is -0.350 e. The van der Waals surface area contributed by atoms with Crippen molar-refractivity contribution >= 4 is 22.7 Å². The molecular weight excluding hydrogens is 178 g/mol. The van der Waals surface area contributed by atoms with E-state index in [9.17, 15) is 0 Å². The molecule has 0 aliphatic rings. The van der Waals surface area contributed by atoms with Crippen LogP contribution in [0.3, 0.4) is 0 Å². The summed E-state index contributed by atoms with van der Waals surface area (Å²) in [6.45, 7) is 2.20. The van der Waals surface area contributed by atoms with Crippen LogP contribution < -0.4 is 0 Å². The number of hydrogen-bond acceptors (Lipinski definition) is 1. The van der Waals surface area contributed by atoms with Crippen LogP contribution in [0.1, 0.15) is 13.3 Å². The van der Waals surface area contributed by atoms with Crippen LogP contribution in [0.5, 0.6) is 0 Å². The molecule has 0 atom stereocenters. The Morgan fingerprint density at radius 3 is 2.92 bits per heavy atom. The number of aromatic amines is 1. The van der Waals surface area contributed by atoms with Gasteiger partial charge in [-0.15, -0.1) is 11.8 Å². The summed E-state index contributed by atoms with van der Waals surface area (Å²) >= 11 is 1.89. The summed E-state index contributed by atoms with van der Waals surface area (Å²) in [5.41, 5.74) is 1.24. The van der Waals surface area contributed by atoms with Crippen molar-refractivity contribution in [3.63, 3.8) is 0 Å². The van der Waals surface area contributed by atoms with Crippen molar-refractivity contribution in [2.45, 2.75) is 18.4 Å². The first-order chi connectivity index (χ1) is 6.40. The summed E-state index contributed by atoms with van der Waals surface area (Å²) in [7, 11) is 0. The van der Waals surface area contributed by atoms with Crippen LogP contribution in [0.25, 0.3) is 10.9 Å². The second-order valence-corrected chi connectivity index (χ2v) is 4.21. The zero-order valence-corrected chi connectivity index (χ0v) is 8.53. The summed E-state index contributed by atoms with van der Waals surface area (Å²) in [5, 5.41) is 2.59. The average Bonchev–Trinajstić information content (AvgIpc) is 2.57. The summed E-state index contributed by atoms with van der Waals surface area (Å²) < 4.78 is 0. The van der Waals surface area contributed by atoms with Gasteiger partial charge in [0.15, 0.2) is 0 Å². The Morgan fingerprint density at radius 2 is 2.15 bits per heavy atom. The fourth-order valence-electron chi connectivity index (χ4n) is 1.34. The van der Waals surface area contributed by atoms with Crippen LogP contribution in [0, 0.1) is 0 Å². The van der Waals surface area contributed by atoms with Gasteiger partial charge < -0.3 is 4.98 Å². The van der Waals surface area contributed by atoms with Gasteiger partial charge in [0, 0.05) is 10.9 Å². The SMILES string of the molecule is CCCSc1cc2ccccc2[nH]1. The van der Waals surface area contributed by atoms with Crippen molar-refractivity contribution in [1.82, 2.24) is 4.98 Å². The number of thioether (sulfide) groups is 1. The predicted molar refractivity (Wildman–Crippen MR) is 59.3 cm³/mol. The summed E-state index contributed by atoms with van der Waals surface area (Å²) in [6, 6.07) is 10.6. The second-order valence-electron chi connectivity index (χ2n) is 3.07. The molecule has 0 saturated heterocycles. The van der Waals surface area contributed by atoms with Gasteiger partial charge in [-0.1, -0.05) is 25.1 Å². The number of benzene rings is 1. The molecule has 1 aromatic heterocycles. The third kappa shape index (κ3) is 1.89. The number of rotatable bonds is 3. The van der Waals surface area contributed by atoms with E-state index in [1.165, 1.54) is 28.1 Å². The van der Waals surface area contributed by atoms with Crippen molar-refractivity contribution in [3.05, 3.63) is 30.3 Å². The molecule has 0 radical (unpaired) electrons. The molecule has 0 fully saturated rings. The quantitative estimate of drug-likeness (QED) is 0.732. The Kier molecular flexibility index (Phi) is 2.60. The van der Waals surface area contributed by atoms with Gasteiger partial charge in [-0.25, -0.2) is 0 Å². The van der Waals surface area contributed by atoms with E-state index in [0.717, 1.165) is 0 Å². The molecule has 0 bridgehead atoms. The molecule has 0 amide bonds. The van der Waals surface area contributed by atoms with Crippen LogP contribution >= 0.6 is 11.8 Å². The van der Waals surface area contributed by atoms with E-state index < -0.39 is 0 Å². The lowest BCUT2D eigenvalue weighted by Crippen LogP contribution is -1.73. The van der Waals surface area contributed by atoms with Crippen molar-refractivity contribution in [2.24, 2.45) is 0 Å². The zero-order chi connectivity index (χ0) is 9.10. The van der Waals surface area contributed by atoms with E-state index in [2.05, 4.69) is 42.2 Å². The van der Waals surface area contributed by atoms with Crippen molar-refractivity contribution in [3.8, 4) is 0 Å². The standard InChI is InChI=1S/C11H13NS/c1-2-7-13-11-8-9-5-3-4-6-10(9)12-11/h3-6,8,12H,2,7H2,1H3. The van der Waals surface area contributed by atoms with E-state index >= 15 is 0 Å². The molecule has 2 aromatic rings. The molecule has 68 valence electrons. The monoisotopic (exact) mass is 191 g/mol. The fraction of sp³-hybridized carbons (Fsp3) is 0.273. The topological polar surface area (TPSA) is 15.8 Å². The molecule has 1 heterocycles. The maximum absolute atomic E-state index is 3.39. The van der Waals surface area contributed by atoms with Gasteiger partial charge in [-0.3, -0.25) is 0 Å². The molecule has 0 aliphatic carbocycles. The second kappa shape index (κ2) is 3.88. The van der Waals surface area contributed by atoms with Gasteiger partial charge in [0.2, 0.25) is 0 Å². The highest BCUT2D eigenvalue weighted by Gasteiger charge is 1.98. The van der Waals surface area contributed by atoms with Crippen molar-refractivity contribution in [1.29, 1.82) is 0 Å². The fourth-order valence-corrected chi connectivity index (χ4v) is 2.15. The maximum atomic E-state index is 3.39. The smallest absolute Gasteiger partial charge is 0.0732 e. The molecular formula is C11H13NS. The predicted octanol–water partition coefficient (Wildman–Crippen LogP) is 3.67. The molecule has 0 saturated carbocycles. The Morgan fingerprint density at radius 1 is 1.31 bits per heavy atom. The lowest BCUT2D eigenvalue weighted by atomic mass is 10.3. The van der Waals surface area contributed by atoms with Crippen molar-refractivity contribution in [2.75, 3.05) is 5.75 Å². The highest BCUT2D eigenvalue weighted by atomic mass is 32.2. The number of fused-ring (bicyclic) bond motifs is 1. The molecule has 2 heteroatoms. The first-order valence-corrected chi connectivity index (χ1v) is 5.59. The summed E-state index contributed by atoms with van der Waals surface area (Å²) in [5.74, 6) is 1.19. The Hall–Kier alpha value is -0.890. The molecule has 1 aromatic carbocycles. The molecule has 0 aliphatic heterocycles. The zero-order valence-electron chi connectivity index (χ0n) is 7.71. The third-order valence-corrected chi connectivity index (χ3v) is 3.11. The van der Waals surface area contributed by atoms with E-state index in [1.54, 1.807) is 0 Å². The lowest BCUT2D eigenvalue weighted by molar-refractivity contribution is 1.10. The number of nitrogens with one attached hydrogen (secondary N) is 1. The first kappa shape index (κ1) is 8.70. The van der Waals surface area contributed by atoms with Gasteiger partial charge in [0.25, 0.3) is 0 Å². The van der Waals surface area contributed by atoms with E-state index in [-0.39, 0.29) is 0 Å². The highest BCUT2D eigenvalue weighted by molar-refractivity contribution is 7.99. The van der Waals surface area contributed by atoms with Gasteiger partial charge in [0.1, 0.15) is 0 Å². The van der Waals surface area contributed by atoms with Crippen LogP contribution in [0.4, 0.5) is 0 Å². The third-order valence-electron chi connectivity index (χ3n) is 1.97. The average molecular weight is 191 g/mol. The molecule has 1 nitrogen and oxygen atoms in total. The largest absolute Gasteiger partial charge is 0.350 e. The molecule has 13 heavy (non-hydrogen) atoms. The van der Waals surface area contributed by atoms with Crippen LogP contribution in [-0.4, -0.2) is 10.7 Å². The van der Waals surface area contributed by atoms with Gasteiger partial charge in [-0.2, -0.15) is 0 Å². The van der Waals surface area contributed by atoms with Gasteiger partial charge in [0.05, 0.1) is 5.03 Å². The van der Waals surface area contributed by atoms with Gasteiger partial charge in [-0.05, 0) is 24.3 Å². The van der Waals surface area contributed by atoms with E-state index in [1.807, 2.05) is 11.8 Å². The minimum atomic E-state index is 1.19. The van der Waals surface area contributed by atoms with E-state index in [4.69, 9.17) is 0 Å². The Balaban J connectivity index is 2.28. The number of H-pyrrole nitrogens is 1. The number of hydrogen-bond donors (Lipinski definition) is 1. The molecule has 0 spiro atoms. The van der Waals surface area contributed by atoms with Gasteiger partial charge >= 0.3 is 0 Å². The number of para-hydroxylation sites is 1. The minimum absolute atomic E-state index is 1.19. The van der Waals surface area contributed by atoms with Crippen LogP contribution in [0.15, 0.2) is 35.4 Å². The Labute approximate surface area is 82.5 Å². The van der Waals surface area contributed by atoms with Crippen LogP contribution in [0.2, 0.25) is 0 Å². The number of aromatic nitrogens is 1. The first-order valence-electron chi connectivity index (χ1n) is 4.60. The normalized spacial score (nSPS) is 10.8. The lowest BCUT2D eigenvalue weighted by Gasteiger charge is -1.92. The van der Waals surface area contributed by atoms with E-state index in [0.29, 0.717) is 0 Å². The summed E-state index contributed by atoms with van der Waals surface area (Å²) in [6.07, 6.45) is 1.22. The maximum Gasteiger partial charge on any atom is 0.0732 e. The Bertz CT molecular complexity index is 359. The molecule has 1 N–H and O–H groups in total.